The van der Waals surface area contributed by atoms with E-state index in [0.29, 0.717) is 51.1 Å². The first-order valence-electron chi connectivity index (χ1n) is 13.1. The summed E-state index contributed by atoms with van der Waals surface area (Å²) in [7, 11) is 1.38. The Balaban J connectivity index is 1.34. The van der Waals surface area contributed by atoms with E-state index in [9.17, 15) is 9.59 Å². The van der Waals surface area contributed by atoms with Crippen molar-refractivity contribution in [1.82, 2.24) is 14.8 Å². The number of hydrogen-bond donors (Lipinski definition) is 1. The van der Waals surface area contributed by atoms with Gasteiger partial charge in [-0.3, -0.25) is 4.79 Å². The van der Waals surface area contributed by atoms with Gasteiger partial charge in [-0.1, -0.05) is 47.8 Å². The molecule has 0 aliphatic heterocycles. The highest BCUT2D eigenvalue weighted by Gasteiger charge is 2.26. The van der Waals surface area contributed by atoms with Gasteiger partial charge in [0.25, 0.3) is 0 Å². The number of benzene rings is 1. The fourth-order valence-corrected chi connectivity index (χ4v) is 7.13. The molecule has 2 aromatic heterocycles. The van der Waals surface area contributed by atoms with Gasteiger partial charge in [0.2, 0.25) is 5.91 Å². The Morgan fingerprint density at radius 1 is 1.15 bits per heavy atom. The van der Waals surface area contributed by atoms with Gasteiger partial charge in [0.1, 0.15) is 16.6 Å². The third-order valence-electron chi connectivity index (χ3n) is 6.45. The molecule has 0 unspecified atom stereocenters. The highest BCUT2D eigenvalue weighted by molar-refractivity contribution is 7.99. The number of rotatable bonds is 11. The molecule has 4 rings (SSSR count). The lowest BCUT2D eigenvalue weighted by Crippen LogP contribution is -2.17. The van der Waals surface area contributed by atoms with Crippen molar-refractivity contribution >= 4 is 63.2 Å². The number of carbonyl (C=O) groups excluding carboxylic acids is 2. The number of anilines is 1. The third-order valence-corrected chi connectivity index (χ3v) is 9.16. The fourth-order valence-electron chi connectivity index (χ4n) is 4.55. The fraction of sp³-hybridized carbons (Fsp3) is 0.481. The van der Waals surface area contributed by atoms with Crippen LogP contribution in [0.1, 0.15) is 65.7 Å². The monoisotopic (exact) mass is 610 g/mol. The van der Waals surface area contributed by atoms with E-state index in [0.717, 1.165) is 49.9 Å². The Morgan fingerprint density at radius 3 is 2.69 bits per heavy atom. The molecule has 3 aromatic rings. The normalized spacial score (nSPS) is 13.3. The summed E-state index contributed by atoms with van der Waals surface area (Å²) in [4.78, 5) is 26.7. The topological polar surface area (TPSA) is 95.3 Å². The Labute approximate surface area is 246 Å². The molecular weight excluding hydrogens is 579 g/mol. The maximum Gasteiger partial charge on any atom is 0.341 e. The number of thiophene rings is 1. The van der Waals surface area contributed by atoms with Gasteiger partial charge in [0.05, 0.1) is 30.1 Å². The van der Waals surface area contributed by atoms with Gasteiger partial charge in [-0.15, -0.1) is 21.5 Å². The van der Waals surface area contributed by atoms with Gasteiger partial charge in [0.15, 0.2) is 5.16 Å². The number of hydrogen-bond acceptors (Lipinski definition) is 8. The molecule has 0 fully saturated rings. The Bertz CT molecular complexity index is 1310. The molecule has 1 aliphatic carbocycles. The van der Waals surface area contributed by atoms with Crippen LogP contribution in [0.4, 0.5) is 5.00 Å². The van der Waals surface area contributed by atoms with E-state index in [1.54, 1.807) is 18.2 Å². The number of halogens is 2. The number of carbonyl (C=O) groups is 2. The smallest absolute Gasteiger partial charge is 0.341 e. The molecule has 0 spiro atoms. The molecule has 0 atom stereocenters. The number of amides is 1. The van der Waals surface area contributed by atoms with Gasteiger partial charge in [-0.2, -0.15) is 0 Å². The molecule has 39 heavy (non-hydrogen) atoms. The van der Waals surface area contributed by atoms with Crippen molar-refractivity contribution in [1.29, 1.82) is 0 Å². The van der Waals surface area contributed by atoms with Crippen LogP contribution in [0.5, 0.6) is 5.75 Å². The molecule has 0 bridgehead atoms. The number of aromatic nitrogens is 3. The maximum atomic E-state index is 12.9. The van der Waals surface area contributed by atoms with Crippen LogP contribution in [0.3, 0.4) is 0 Å². The van der Waals surface area contributed by atoms with Crippen LogP contribution < -0.4 is 10.1 Å². The highest BCUT2D eigenvalue weighted by Crippen LogP contribution is 2.37. The van der Waals surface area contributed by atoms with E-state index >= 15 is 0 Å². The van der Waals surface area contributed by atoms with Crippen molar-refractivity contribution in [3.05, 3.63) is 50.1 Å². The number of esters is 1. The molecule has 210 valence electrons. The summed E-state index contributed by atoms with van der Waals surface area (Å²) in [5.41, 5.74) is 1.55. The number of aryl methyl sites for hydroxylation is 2. The first-order valence-corrected chi connectivity index (χ1v) is 15.6. The van der Waals surface area contributed by atoms with Crippen LogP contribution in [-0.2, 0) is 35.3 Å². The number of nitrogens with zero attached hydrogens (tertiary/aromatic N) is 3. The second-order valence-corrected chi connectivity index (χ2v) is 12.0. The quantitative estimate of drug-likeness (QED) is 0.144. The van der Waals surface area contributed by atoms with E-state index in [2.05, 4.69) is 15.5 Å². The van der Waals surface area contributed by atoms with Crippen molar-refractivity contribution in [3.63, 3.8) is 0 Å². The number of thioether (sulfide) groups is 1. The van der Waals surface area contributed by atoms with Crippen LogP contribution in [0, 0.1) is 0 Å². The summed E-state index contributed by atoms with van der Waals surface area (Å²) in [6.07, 6.45) is 7.62. The van der Waals surface area contributed by atoms with Gasteiger partial charge >= 0.3 is 5.97 Å². The molecular formula is C27H32Cl2N4O4S2. The summed E-state index contributed by atoms with van der Waals surface area (Å²) in [5, 5.41) is 13.9. The lowest BCUT2D eigenvalue weighted by atomic mass is 9.96. The minimum atomic E-state index is -0.395. The number of ether oxygens (including phenoxy) is 2. The summed E-state index contributed by atoms with van der Waals surface area (Å²) in [6, 6.07) is 5.14. The molecule has 1 aliphatic rings. The van der Waals surface area contributed by atoms with Gasteiger partial charge in [-0.25, -0.2) is 4.79 Å². The first kappa shape index (κ1) is 29.7. The Kier molecular flexibility index (Phi) is 11.0. The Morgan fingerprint density at radius 2 is 1.95 bits per heavy atom. The van der Waals surface area contributed by atoms with Gasteiger partial charge in [-0.05, 0) is 62.8 Å². The van der Waals surface area contributed by atoms with Crippen LogP contribution in [0.15, 0.2) is 23.4 Å². The van der Waals surface area contributed by atoms with Crippen LogP contribution >= 0.6 is 46.3 Å². The zero-order chi connectivity index (χ0) is 27.8. The predicted molar refractivity (Wildman–Crippen MR) is 157 cm³/mol. The number of fused-ring (bicyclic) bond motifs is 1. The molecule has 12 heteroatoms. The average molecular weight is 612 g/mol. The van der Waals surface area contributed by atoms with Crippen LogP contribution in [-0.4, -0.2) is 46.1 Å². The number of methoxy groups -OCH3 is 1. The third kappa shape index (κ3) is 7.68. The highest BCUT2D eigenvalue weighted by atomic mass is 35.5. The molecule has 2 heterocycles. The van der Waals surface area contributed by atoms with E-state index in [1.165, 1.54) is 41.5 Å². The number of nitrogens with one attached hydrogen (secondary N) is 1. The van der Waals surface area contributed by atoms with E-state index < -0.39 is 5.97 Å². The molecule has 1 aromatic carbocycles. The summed E-state index contributed by atoms with van der Waals surface area (Å²) >= 11 is 14.9. The van der Waals surface area contributed by atoms with Crippen molar-refractivity contribution < 1.29 is 19.1 Å². The lowest BCUT2D eigenvalue weighted by Gasteiger charge is -2.11. The second-order valence-electron chi connectivity index (χ2n) is 9.12. The van der Waals surface area contributed by atoms with E-state index in [4.69, 9.17) is 32.7 Å². The molecule has 8 nitrogen and oxygen atoms in total. The van der Waals surface area contributed by atoms with Gasteiger partial charge < -0.3 is 19.4 Å². The molecule has 0 radical (unpaired) electrons. The zero-order valence-electron chi connectivity index (χ0n) is 22.1. The summed E-state index contributed by atoms with van der Waals surface area (Å²) < 4.78 is 12.8. The minimum Gasteiger partial charge on any atom is -0.492 e. The average Bonchev–Trinajstić information content (AvgIpc) is 3.45. The Hall–Kier alpha value is -2.27. The van der Waals surface area contributed by atoms with Crippen molar-refractivity contribution in [2.75, 3.05) is 24.8 Å². The minimum absolute atomic E-state index is 0.152. The molecule has 0 saturated heterocycles. The van der Waals surface area contributed by atoms with Crippen LogP contribution in [0.25, 0.3) is 0 Å². The maximum absolute atomic E-state index is 12.9. The zero-order valence-corrected chi connectivity index (χ0v) is 25.2. The van der Waals surface area contributed by atoms with Crippen LogP contribution in [0.2, 0.25) is 10.0 Å². The predicted octanol–water partition coefficient (Wildman–Crippen LogP) is 6.85. The van der Waals surface area contributed by atoms with E-state index in [-0.39, 0.29) is 11.7 Å². The molecule has 0 saturated carbocycles. The van der Waals surface area contributed by atoms with E-state index in [1.807, 2.05) is 11.5 Å². The van der Waals surface area contributed by atoms with Crippen molar-refractivity contribution in [2.24, 2.45) is 0 Å². The van der Waals surface area contributed by atoms with Gasteiger partial charge in [0, 0.05) is 22.9 Å². The standard InChI is InChI=1S/C27H32Cl2N4O4S2/c1-3-33-22(11-8-14-37-20-13-12-17(28)15-19(20)29)31-32-27(33)38-16-23(34)30-25-24(26(35)36-2)18-9-6-4-5-7-10-21(18)39-25/h12-13,15H,3-11,14,16H2,1-2H3,(H,30,34). The summed E-state index contributed by atoms with van der Waals surface area (Å²) in [6.45, 7) is 3.17. The SMILES string of the molecule is CCn1c(CCCOc2ccc(Cl)cc2Cl)nnc1SCC(=O)Nc1sc2c(c1C(=O)OC)CCCCCC2. The lowest BCUT2D eigenvalue weighted by molar-refractivity contribution is -0.113. The molecule has 1 N–H and O–H groups in total. The largest absolute Gasteiger partial charge is 0.492 e. The van der Waals surface area contributed by atoms with Crippen molar-refractivity contribution in [2.45, 2.75) is 70.0 Å². The second kappa shape index (κ2) is 14.4. The van der Waals surface area contributed by atoms with Crippen molar-refractivity contribution in [3.8, 4) is 5.75 Å². The summed E-state index contributed by atoms with van der Waals surface area (Å²) in [5.74, 6) is 0.985. The molecule has 1 amide bonds. The first-order chi connectivity index (χ1) is 18.9.